The van der Waals surface area contributed by atoms with E-state index in [9.17, 15) is 71.7 Å². The van der Waals surface area contributed by atoms with Gasteiger partial charge in [0, 0.05) is 45.5 Å². The number of halogens is 14. The van der Waals surface area contributed by atoms with Gasteiger partial charge in [0.15, 0.2) is 47.3 Å². The molecule has 292 valence electrons. The van der Waals surface area contributed by atoms with Crippen LogP contribution in [0.5, 0.6) is 23.0 Å². The van der Waals surface area contributed by atoms with E-state index in [-0.39, 0.29) is 22.9 Å². The second-order valence-electron chi connectivity index (χ2n) is 13.0. The molecular weight excluding hydrogens is 790 g/mol. The molecule has 0 aliphatic heterocycles. The molecule has 4 aliphatic rings. The van der Waals surface area contributed by atoms with Crippen LogP contribution < -0.4 is 9.47 Å². The van der Waals surface area contributed by atoms with Crippen molar-refractivity contribution in [1.29, 1.82) is 0 Å². The SMILES string of the molecule is [C-]#[N+]c1cc(F)cc(Oc2ccc3c4c2C(F)[C@@H](F)[C@]4(O)C(F)(F)C3(F)F)c1.[C-]#[N+]c1cc(F)cc(Oc2ccc3c4c2C(F)[C@H](F)[C@]4(O)C(F)(F)C3(F)F)c1. The lowest BCUT2D eigenvalue weighted by Gasteiger charge is -2.32. The van der Waals surface area contributed by atoms with E-state index in [2.05, 4.69) is 9.69 Å². The van der Waals surface area contributed by atoms with Crippen molar-refractivity contribution in [3.05, 3.63) is 129 Å². The Kier molecular flexibility index (Phi) is 8.25. The standard InChI is InChI=1S/2C18H8F7NO2/c2*1-26-8-4-7(19)5-9(6-8)28-11-3-2-10-13-12(11)14(20)15(21)16(13,27)18(24,25)17(10,22)23/h2*2-6,14-15,27H/t14?,15-,16+;14?,15-,16-/m10/s1. The lowest BCUT2D eigenvalue weighted by Crippen LogP contribution is -2.53. The molecule has 2 N–H and O–H groups in total. The minimum absolute atomic E-state index is 0.206. The number of alkyl halides is 12. The summed E-state index contributed by atoms with van der Waals surface area (Å²) >= 11 is 0. The Hall–Kier alpha value is -5.60. The summed E-state index contributed by atoms with van der Waals surface area (Å²) in [6.07, 6.45) is -12.5. The molecule has 0 bridgehead atoms. The smallest absolute Gasteiger partial charge is 0.349 e. The molecule has 0 saturated heterocycles. The van der Waals surface area contributed by atoms with Crippen LogP contribution in [0, 0.1) is 24.8 Å². The second kappa shape index (κ2) is 12.0. The normalized spacial score (nSPS) is 28.7. The summed E-state index contributed by atoms with van der Waals surface area (Å²) in [5, 5.41) is 20.2. The van der Waals surface area contributed by atoms with Gasteiger partial charge >= 0.3 is 23.7 Å². The maximum atomic E-state index is 14.5. The van der Waals surface area contributed by atoms with E-state index < -0.39 is 116 Å². The molecule has 0 saturated carbocycles. The lowest BCUT2D eigenvalue weighted by molar-refractivity contribution is -0.302. The van der Waals surface area contributed by atoms with Crippen molar-refractivity contribution in [2.24, 2.45) is 0 Å². The van der Waals surface area contributed by atoms with Gasteiger partial charge < -0.3 is 19.7 Å². The Morgan fingerprint density at radius 1 is 0.536 bits per heavy atom. The van der Waals surface area contributed by atoms with E-state index in [4.69, 9.17) is 22.6 Å². The van der Waals surface area contributed by atoms with Gasteiger partial charge in [-0.25, -0.2) is 36.0 Å². The maximum absolute atomic E-state index is 14.5. The van der Waals surface area contributed by atoms with Crippen molar-refractivity contribution in [3.63, 3.8) is 0 Å². The number of nitrogens with zero attached hydrogens (tertiary/aromatic N) is 2. The fraction of sp³-hybridized carbons (Fsp3) is 0.278. The monoisotopic (exact) mass is 806 g/mol. The molecule has 2 unspecified atom stereocenters. The predicted octanol–water partition coefficient (Wildman–Crippen LogP) is 10.9. The number of benzene rings is 4. The molecule has 0 radical (unpaired) electrons. The molecule has 0 spiro atoms. The highest BCUT2D eigenvalue weighted by Crippen LogP contribution is 2.71. The summed E-state index contributed by atoms with van der Waals surface area (Å²) in [7, 11) is 0. The zero-order valence-corrected chi connectivity index (χ0v) is 27.0. The van der Waals surface area contributed by atoms with Crippen LogP contribution in [0.25, 0.3) is 9.69 Å². The van der Waals surface area contributed by atoms with E-state index >= 15 is 0 Å². The van der Waals surface area contributed by atoms with Crippen LogP contribution in [0.1, 0.15) is 45.7 Å². The molecule has 4 aromatic rings. The van der Waals surface area contributed by atoms with E-state index in [0.717, 1.165) is 36.4 Å². The summed E-state index contributed by atoms with van der Waals surface area (Å²) in [6.45, 7) is 13.7. The van der Waals surface area contributed by atoms with E-state index in [1.807, 2.05) is 0 Å². The highest BCUT2D eigenvalue weighted by molar-refractivity contribution is 5.64. The summed E-state index contributed by atoms with van der Waals surface area (Å²) in [5.41, 5.74) is -15.9. The highest BCUT2D eigenvalue weighted by atomic mass is 19.3. The van der Waals surface area contributed by atoms with Crippen LogP contribution in [-0.4, -0.2) is 34.4 Å². The first-order chi connectivity index (χ1) is 25.9. The minimum Gasteiger partial charge on any atom is -0.458 e. The first-order valence-electron chi connectivity index (χ1n) is 15.5. The van der Waals surface area contributed by atoms with Crippen LogP contribution in [0.15, 0.2) is 60.7 Å². The quantitative estimate of drug-likeness (QED) is 0.159. The topological polar surface area (TPSA) is 67.6 Å². The van der Waals surface area contributed by atoms with Crippen LogP contribution in [0.4, 0.5) is 72.8 Å². The average Bonchev–Trinajstić information content (AvgIpc) is 3.57. The third-order valence-corrected chi connectivity index (χ3v) is 9.89. The largest absolute Gasteiger partial charge is 0.458 e. The number of hydrogen-bond donors (Lipinski definition) is 2. The summed E-state index contributed by atoms with van der Waals surface area (Å²) in [4.78, 5) is 5.95. The number of ether oxygens (including phenoxy) is 2. The van der Waals surface area contributed by atoms with Crippen LogP contribution >= 0.6 is 0 Å². The Morgan fingerprint density at radius 2 is 0.875 bits per heavy atom. The van der Waals surface area contributed by atoms with Crippen molar-refractivity contribution in [2.75, 3.05) is 0 Å². The van der Waals surface area contributed by atoms with Crippen molar-refractivity contribution < 1.29 is 81.2 Å². The van der Waals surface area contributed by atoms with Crippen LogP contribution in [0.3, 0.4) is 0 Å². The molecular formula is C36H16F14N2O4. The molecule has 6 nitrogen and oxygen atoms in total. The Balaban J connectivity index is 0.000000172. The van der Waals surface area contributed by atoms with Gasteiger partial charge in [0.25, 0.3) is 0 Å². The van der Waals surface area contributed by atoms with E-state index in [0.29, 0.717) is 24.3 Å². The first-order valence-corrected chi connectivity index (χ1v) is 15.5. The third kappa shape index (κ3) is 4.68. The molecule has 6 atom stereocenters. The molecule has 0 aromatic heterocycles. The number of rotatable bonds is 4. The van der Waals surface area contributed by atoms with Crippen molar-refractivity contribution in [2.45, 2.75) is 59.6 Å². The van der Waals surface area contributed by atoms with Gasteiger partial charge in [0.2, 0.25) is 0 Å². The van der Waals surface area contributed by atoms with E-state index in [1.165, 1.54) is 0 Å². The zero-order valence-electron chi connectivity index (χ0n) is 27.0. The minimum atomic E-state index is -5.30. The third-order valence-electron chi connectivity index (χ3n) is 9.89. The predicted molar refractivity (Wildman–Crippen MR) is 161 cm³/mol. The molecule has 20 heteroatoms. The fourth-order valence-electron chi connectivity index (χ4n) is 7.34. The Labute approximate surface area is 303 Å². The Morgan fingerprint density at radius 3 is 1.20 bits per heavy atom. The number of hydrogen-bond acceptors (Lipinski definition) is 4. The lowest BCUT2D eigenvalue weighted by atomic mass is 9.93. The average molecular weight is 807 g/mol. The molecule has 4 aromatic carbocycles. The van der Waals surface area contributed by atoms with Gasteiger partial charge in [-0.1, -0.05) is 0 Å². The maximum Gasteiger partial charge on any atom is 0.349 e. The van der Waals surface area contributed by atoms with Gasteiger partial charge in [-0.3, -0.25) is 0 Å². The fourth-order valence-corrected chi connectivity index (χ4v) is 7.34. The zero-order chi connectivity index (χ0) is 41.3. The summed E-state index contributed by atoms with van der Waals surface area (Å²) in [6, 6.07) is 7.68. The molecule has 0 amide bonds. The van der Waals surface area contributed by atoms with E-state index in [1.54, 1.807) is 0 Å². The van der Waals surface area contributed by atoms with Gasteiger partial charge in [0.1, 0.15) is 34.6 Å². The second-order valence-corrected chi connectivity index (χ2v) is 13.0. The molecule has 8 rings (SSSR count). The molecule has 56 heavy (non-hydrogen) atoms. The van der Waals surface area contributed by atoms with Crippen LogP contribution in [0.2, 0.25) is 0 Å². The van der Waals surface area contributed by atoms with Gasteiger partial charge in [0.05, 0.1) is 13.1 Å². The van der Waals surface area contributed by atoms with Crippen molar-refractivity contribution >= 4 is 11.4 Å². The molecule has 0 fully saturated rings. The Bertz CT molecular complexity index is 2260. The summed E-state index contributed by atoms with van der Waals surface area (Å²) in [5.74, 6) is -24.3. The highest BCUT2D eigenvalue weighted by Gasteiger charge is 2.84. The summed E-state index contributed by atoms with van der Waals surface area (Å²) < 4.78 is 208. The molecule has 4 aliphatic carbocycles. The van der Waals surface area contributed by atoms with Gasteiger partial charge in [-0.15, -0.1) is 0 Å². The van der Waals surface area contributed by atoms with Crippen LogP contribution in [-0.2, 0) is 23.0 Å². The van der Waals surface area contributed by atoms with Crippen molar-refractivity contribution in [3.8, 4) is 23.0 Å². The first kappa shape index (κ1) is 38.7. The van der Waals surface area contributed by atoms with Crippen molar-refractivity contribution in [1.82, 2.24) is 0 Å². The number of aliphatic hydroxyl groups is 2. The van der Waals surface area contributed by atoms with Gasteiger partial charge in [-0.2, -0.15) is 35.1 Å². The van der Waals surface area contributed by atoms with Gasteiger partial charge in [-0.05, 0) is 48.5 Å². The molecule has 0 heterocycles.